The molecule has 1 aromatic heterocycles. The van der Waals surface area contributed by atoms with E-state index in [-0.39, 0.29) is 22.2 Å². The minimum Gasteiger partial charge on any atom is -0.352 e. The van der Waals surface area contributed by atoms with Crippen LogP contribution in [0.4, 0.5) is 11.5 Å². The van der Waals surface area contributed by atoms with Gasteiger partial charge in [0.1, 0.15) is 6.33 Å². The number of aromatic nitrogens is 2. The van der Waals surface area contributed by atoms with Crippen molar-refractivity contribution in [3.63, 3.8) is 0 Å². The van der Waals surface area contributed by atoms with Crippen molar-refractivity contribution in [1.82, 2.24) is 14.9 Å². The average Bonchev–Trinajstić information content (AvgIpc) is 2.32. The molecule has 0 N–H and O–H groups in total. The van der Waals surface area contributed by atoms with E-state index < -0.39 is 4.92 Å². The molecule has 0 aliphatic heterocycles. The van der Waals surface area contributed by atoms with Gasteiger partial charge in [-0.15, -0.1) is 0 Å². The number of likely N-dealkylation sites (N-methyl/N-ethyl adjacent to an activating group) is 2. The lowest BCUT2D eigenvalue weighted by Crippen LogP contribution is -2.56. The Labute approximate surface area is 122 Å². The van der Waals surface area contributed by atoms with Gasteiger partial charge < -0.3 is 9.80 Å². The molecule has 1 aliphatic rings. The minimum absolute atomic E-state index is 0.0556. The Bertz CT molecular complexity index is 519. The van der Waals surface area contributed by atoms with E-state index in [4.69, 9.17) is 11.6 Å². The van der Waals surface area contributed by atoms with Gasteiger partial charge in [-0.1, -0.05) is 11.6 Å². The van der Waals surface area contributed by atoms with E-state index in [9.17, 15) is 10.1 Å². The van der Waals surface area contributed by atoms with Crippen molar-refractivity contribution in [2.24, 2.45) is 0 Å². The normalized spacial score (nSPS) is 16.9. The lowest BCUT2D eigenvalue weighted by molar-refractivity contribution is -0.384. The predicted molar refractivity (Wildman–Crippen MR) is 77.2 cm³/mol. The van der Waals surface area contributed by atoms with E-state index in [1.165, 1.54) is 12.7 Å². The molecular weight excluding hydrogens is 282 g/mol. The van der Waals surface area contributed by atoms with Gasteiger partial charge in [-0.3, -0.25) is 10.1 Å². The molecule has 110 valence electrons. The molecule has 0 amide bonds. The van der Waals surface area contributed by atoms with Crippen LogP contribution < -0.4 is 4.90 Å². The SMILES string of the molecule is CN(CC1(N(C)C)CCC1)c1ncnc(Cl)c1[N+](=O)[O-]. The molecule has 20 heavy (non-hydrogen) atoms. The van der Waals surface area contributed by atoms with Gasteiger partial charge in [0, 0.05) is 19.1 Å². The highest BCUT2D eigenvalue weighted by Gasteiger charge is 2.41. The van der Waals surface area contributed by atoms with E-state index in [2.05, 4.69) is 14.9 Å². The number of halogens is 1. The summed E-state index contributed by atoms with van der Waals surface area (Å²) in [4.78, 5) is 22.3. The minimum atomic E-state index is -0.530. The zero-order valence-electron chi connectivity index (χ0n) is 11.8. The largest absolute Gasteiger partial charge is 0.352 e. The molecule has 0 radical (unpaired) electrons. The van der Waals surface area contributed by atoms with Gasteiger partial charge in [0.05, 0.1) is 4.92 Å². The second kappa shape index (κ2) is 5.49. The third kappa shape index (κ3) is 2.55. The fourth-order valence-corrected chi connectivity index (χ4v) is 2.83. The fourth-order valence-electron chi connectivity index (χ4n) is 2.63. The Balaban J connectivity index is 2.28. The first kappa shape index (κ1) is 14.9. The Morgan fingerprint density at radius 3 is 2.50 bits per heavy atom. The Morgan fingerprint density at radius 1 is 1.40 bits per heavy atom. The highest BCUT2D eigenvalue weighted by molar-refractivity contribution is 6.31. The van der Waals surface area contributed by atoms with Gasteiger partial charge in [-0.25, -0.2) is 9.97 Å². The van der Waals surface area contributed by atoms with Crippen molar-refractivity contribution >= 4 is 23.1 Å². The molecule has 0 aromatic carbocycles. The summed E-state index contributed by atoms with van der Waals surface area (Å²) >= 11 is 5.82. The van der Waals surface area contributed by atoms with Crippen molar-refractivity contribution in [2.45, 2.75) is 24.8 Å². The van der Waals surface area contributed by atoms with E-state index in [0.717, 1.165) is 12.8 Å². The molecule has 0 bridgehead atoms. The molecule has 0 saturated heterocycles. The van der Waals surface area contributed by atoms with Gasteiger partial charge in [-0.2, -0.15) is 0 Å². The maximum absolute atomic E-state index is 11.1. The zero-order valence-corrected chi connectivity index (χ0v) is 12.6. The number of rotatable bonds is 5. The van der Waals surface area contributed by atoms with Crippen LogP contribution in [0.15, 0.2) is 6.33 Å². The van der Waals surface area contributed by atoms with Crippen LogP contribution in [-0.2, 0) is 0 Å². The van der Waals surface area contributed by atoms with Gasteiger partial charge in [0.2, 0.25) is 11.0 Å². The molecule has 1 heterocycles. The lowest BCUT2D eigenvalue weighted by Gasteiger charge is -2.49. The summed E-state index contributed by atoms with van der Waals surface area (Å²) < 4.78 is 0. The fraction of sp³-hybridized carbons (Fsp3) is 0.667. The van der Waals surface area contributed by atoms with Crippen LogP contribution in [0.2, 0.25) is 5.15 Å². The third-order valence-electron chi connectivity index (χ3n) is 4.07. The highest BCUT2D eigenvalue weighted by atomic mass is 35.5. The zero-order chi connectivity index (χ0) is 14.9. The Hall–Kier alpha value is -1.47. The first-order valence-corrected chi connectivity index (χ1v) is 6.79. The molecule has 1 aromatic rings. The second-order valence-electron chi connectivity index (χ2n) is 5.42. The molecular formula is C12H18ClN5O2. The number of nitrogens with zero attached hydrogens (tertiary/aromatic N) is 5. The Morgan fingerprint density at radius 2 is 2.05 bits per heavy atom. The number of hydrogen-bond donors (Lipinski definition) is 0. The van der Waals surface area contributed by atoms with E-state index in [1.54, 1.807) is 11.9 Å². The quantitative estimate of drug-likeness (QED) is 0.470. The van der Waals surface area contributed by atoms with Gasteiger partial charge >= 0.3 is 5.69 Å². The molecule has 0 atom stereocenters. The molecule has 7 nitrogen and oxygen atoms in total. The smallest absolute Gasteiger partial charge is 0.348 e. The maximum atomic E-state index is 11.1. The van der Waals surface area contributed by atoms with Crippen molar-refractivity contribution in [1.29, 1.82) is 0 Å². The summed E-state index contributed by atoms with van der Waals surface area (Å²) in [5.74, 6) is 0.267. The number of anilines is 1. The molecule has 0 spiro atoms. The van der Waals surface area contributed by atoms with Gasteiger partial charge in [0.15, 0.2) is 0 Å². The van der Waals surface area contributed by atoms with Crippen molar-refractivity contribution in [2.75, 3.05) is 32.6 Å². The highest BCUT2D eigenvalue weighted by Crippen LogP contribution is 2.39. The molecule has 1 saturated carbocycles. The van der Waals surface area contributed by atoms with E-state index >= 15 is 0 Å². The first-order chi connectivity index (χ1) is 9.37. The molecule has 2 rings (SSSR count). The van der Waals surface area contributed by atoms with Crippen molar-refractivity contribution < 1.29 is 4.92 Å². The summed E-state index contributed by atoms with van der Waals surface area (Å²) in [6.07, 6.45) is 4.59. The van der Waals surface area contributed by atoms with E-state index in [0.29, 0.717) is 6.54 Å². The average molecular weight is 300 g/mol. The summed E-state index contributed by atoms with van der Waals surface area (Å²) in [6, 6.07) is 0. The van der Waals surface area contributed by atoms with Gasteiger partial charge in [-0.05, 0) is 33.4 Å². The van der Waals surface area contributed by atoms with Crippen LogP contribution in [0.3, 0.4) is 0 Å². The van der Waals surface area contributed by atoms with Crippen LogP contribution >= 0.6 is 11.6 Å². The van der Waals surface area contributed by atoms with Crippen LogP contribution in [0.5, 0.6) is 0 Å². The number of hydrogen-bond acceptors (Lipinski definition) is 6. The first-order valence-electron chi connectivity index (χ1n) is 6.41. The monoisotopic (exact) mass is 299 g/mol. The van der Waals surface area contributed by atoms with Crippen molar-refractivity contribution in [3.05, 3.63) is 21.6 Å². The van der Waals surface area contributed by atoms with Crippen LogP contribution in [-0.4, -0.2) is 53.0 Å². The van der Waals surface area contributed by atoms with Crippen LogP contribution in [0.1, 0.15) is 19.3 Å². The van der Waals surface area contributed by atoms with Crippen molar-refractivity contribution in [3.8, 4) is 0 Å². The summed E-state index contributed by atoms with van der Waals surface area (Å²) in [6.45, 7) is 0.675. The maximum Gasteiger partial charge on any atom is 0.348 e. The second-order valence-corrected chi connectivity index (χ2v) is 5.78. The third-order valence-corrected chi connectivity index (χ3v) is 4.34. The van der Waals surface area contributed by atoms with Crippen LogP contribution in [0.25, 0.3) is 0 Å². The van der Waals surface area contributed by atoms with Gasteiger partial charge in [0.25, 0.3) is 0 Å². The summed E-state index contributed by atoms with van der Waals surface area (Å²) in [5.41, 5.74) is -0.176. The Kier molecular flexibility index (Phi) is 4.10. The molecule has 0 unspecified atom stereocenters. The molecule has 1 fully saturated rings. The molecule has 8 heteroatoms. The standard InChI is InChI=1S/C12H18ClN5O2/c1-16(2)12(5-4-6-12)7-17(3)11-9(18(19)20)10(13)14-8-15-11/h8H,4-7H2,1-3H3. The van der Waals surface area contributed by atoms with Crippen LogP contribution in [0, 0.1) is 10.1 Å². The topological polar surface area (TPSA) is 75.4 Å². The molecule has 1 aliphatic carbocycles. The summed E-state index contributed by atoms with van der Waals surface area (Å²) in [5, 5.41) is 11.0. The lowest BCUT2D eigenvalue weighted by atomic mass is 9.75. The van der Waals surface area contributed by atoms with E-state index in [1.807, 2.05) is 14.1 Å². The summed E-state index contributed by atoms with van der Waals surface area (Å²) in [7, 11) is 5.87. The predicted octanol–water partition coefficient (Wildman–Crippen LogP) is 1.96. The number of nitro groups is 1.